The summed E-state index contributed by atoms with van der Waals surface area (Å²) in [5.74, 6) is -0.103. The maximum Gasteiger partial charge on any atom is 0.511 e. The summed E-state index contributed by atoms with van der Waals surface area (Å²) in [5.41, 5.74) is 0.710. The summed E-state index contributed by atoms with van der Waals surface area (Å²) in [7, 11) is 0. The number of benzene rings is 1. The lowest BCUT2D eigenvalue weighted by atomic mass is 10.0. The fraction of sp³-hybridized carbons (Fsp3) is 0.588. The molecule has 0 fully saturated rings. The van der Waals surface area contributed by atoms with E-state index in [0.29, 0.717) is 18.4 Å². The van der Waals surface area contributed by atoms with E-state index in [1.807, 2.05) is 0 Å². The van der Waals surface area contributed by atoms with Crippen LogP contribution in [0.3, 0.4) is 0 Å². The molecular formula is C17H25FO4. The Morgan fingerprint density at radius 3 is 2.18 bits per heavy atom. The Hall–Kier alpha value is -1.78. The van der Waals surface area contributed by atoms with Crippen LogP contribution in [0.5, 0.6) is 11.5 Å². The minimum atomic E-state index is -1.43. The number of alkyl halides is 1. The van der Waals surface area contributed by atoms with Crippen LogP contribution in [0.4, 0.5) is 9.18 Å². The molecule has 124 valence electrons. The number of aromatic hydroxyl groups is 1. The highest BCUT2D eigenvalue weighted by atomic mass is 19.1. The van der Waals surface area contributed by atoms with Crippen molar-refractivity contribution < 1.29 is 24.1 Å². The highest BCUT2D eigenvalue weighted by molar-refractivity contribution is 5.63. The molecular weight excluding hydrogens is 287 g/mol. The molecule has 22 heavy (non-hydrogen) atoms. The van der Waals surface area contributed by atoms with Crippen LogP contribution in [-0.4, -0.2) is 23.0 Å². The van der Waals surface area contributed by atoms with Gasteiger partial charge in [0.2, 0.25) is 0 Å². The lowest BCUT2D eigenvalue weighted by Crippen LogP contribution is -2.03. The molecule has 0 aliphatic rings. The van der Waals surface area contributed by atoms with Crippen molar-refractivity contribution in [1.82, 2.24) is 0 Å². The third kappa shape index (κ3) is 7.29. The van der Waals surface area contributed by atoms with Crippen LogP contribution < -0.4 is 4.74 Å². The monoisotopic (exact) mass is 312 g/mol. The van der Waals surface area contributed by atoms with E-state index >= 15 is 0 Å². The van der Waals surface area contributed by atoms with E-state index in [9.17, 15) is 14.3 Å². The third-order valence-corrected chi connectivity index (χ3v) is 3.61. The number of halogens is 1. The zero-order chi connectivity index (χ0) is 16.2. The number of carbonyl (C=O) groups is 1. The highest BCUT2D eigenvalue weighted by Crippen LogP contribution is 2.31. The van der Waals surface area contributed by atoms with Crippen LogP contribution >= 0.6 is 0 Å². The fourth-order valence-corrected chi connectivity index (χ4v) is 2.42. The summed E-state index contributed by atoms with van der Waals surface area (Å²) in [5, 5.41) is 18.5. The summed E-state index contributed by atoms with van der Waals surface area (Å²) < 4.78 is 16.4. The van der Waals surface area contributed by atoms with Crippen molar-refractivity contribution in [2.75, 3.05) is 6.67 Å². The van der Waals surface area contributed by atoms with Crippen LogP contribution in [-0.2, 0) is 6.42 Å². The van der Waals surface area contributed by atoms with Crippen molar-refractivity contribution in [2.45, 2.75) is 57.8 Å². The number of hydrogen-bond donors (Lipinski definition) is 2. The molecule has 2 N–H and O–H groups in total. The van der Waals surface area contributed by atoms with Crippen LogP contribution in [0.25, 0.3) is 0 Å². The molecule has 1 aromatic rings. The predicted octanol–water partition coefficient (Wildman–Crippen LogP) is 5.08. The van der Waals surface area contributed by atoms with E-state index < -0.39 is 6.16 Å². The van der Waals surface area contributed by atoms with E-state index in [2.05, 4.69) is 4.74 Å². The minimum Gasteiger partial charge on any atom is -0.504 e. The first-order valence-corrected chi connectivity index (χ1v) is 7.92. The van der Waals surface area contributed by atoms with Gasteiger partial charge in [-0.3, -0.25) is 4.39 Å². The van der Waals surface area contributed by atoms with Crippen LogP contribution in [0.15, 0.2) is 18.2 Å². The second-order valence-corrected chi connectivity index (χ2v) is 5.40. The maximum absolute atomic E-state index is 11.9. The first-order valence-electron chi connectivity index (χ1n) is 7.92. The number of para-hydroxylation sites is 1. The van der Waals surface area contributed by atoms with E-state index in [4.69, 9.17) is 5.11 Å². The molecule has 0 spiro atoms. The van der Waals surface area contributed by atoms with Gasteiger partial charge in [-0.15, -0.1) is 0 Å². The van der Waals surface area contributed by atoms with Crippen molar-refractivity contribution in [3.8, 4) is 11.5 Å². The summed E-state index contributed by atoms with van der Waals surface area (Å²) in [4.78, 5) is 10.5. The van der Waals surface area contributed by atoms with Gasteiger partial charge in [-0.05, 0) is 30.9 Å². The second-order valence-electron chi connectivity index (χ2n) is 5.40. The number of rotatable bonds is 11. The van der Waals surface area contributed by atoms with Crippen molar-refractivity contribution in [1.29, 1.82) is 0 Å². The van der Waals surface area contributed by atoms with Gasteiger partial charge in [-0.2, -0.15) is 0 Å². The average molecular weight is 312 g/mol. The first kappa shape index (κ1) is 18.3. The molecule has 0 atom stereocenters. The van der Waals surface area contributed by atoms with Crippen molar-refractivity contribution in [3.63, 3.8) is 0 Å². The van der Waals surface area contributed by atoms with Crippen molar-refractivity contribution >= 4 is 6.16 Å². The van der Waals surface area contributed by atoms with E-state index in [1.165, 1.54) is 6.07 Å². The fourth-order valence-electron chi connectivity index (χ4n) is 2.42. The van der Waals surface area contributed by atoms with Gasteiger partial charge in [0, 0.05) is 0 Å². The topological polar surface area (TPSA) is 66.8 Å². The number of hydrogen-bond acceptors (Lipinski definition) is 3. The molecule has 5 heteroatoms. The molecule has 4 nitrogen and oxygen atoms in total. The molecule has 0 saturated heterocycles. The predicted molar refractivity (Wildman–Crippen MR) is 83.4 cm³/mol. The quantitative estimate of drug-likeness (QED) is 0.339. The van der Waals surface area contributed by atoms with Gasteiger partial charge in [0.05, 0.1) is 6.67 Å². The summed E-state index contributed by atoms with van der Waals surface area (Å²) in [6.07, 6.45) is 7.44. The Balaban J connectivity index is 2.21. The molecule has 0 saturated carbocycles. The van der Waals surface area contributed by atoms with Gasteiger partial charge in [-0.25, -0.2) is 4.79 Å². The standard InChI is InChI=1S/C17H25FO4/c18-13-8-6-4-2-1-3-5-7-10-14-11-9-12-15(16(14)19)22-17(20)21/h9,11-12,19H,1-8,10,13H2,(H,20,21). The summed E-state index contributed by atoms with van der Waals surface area (Å²) in [6.45, 7) is -0.214. The smallest absolute Gasteiger partial charge is 0.504 e. The third-order valence-electron chi connectivity index (χ3n) is 3.61. The minimum absolute atomic E-state index is 0.0159. The molecule has 0 aliphatic carbocycles. The van der Waals surface area contributed by atoms with Crippen LogP contribution in [0.2, 0.25) is 0 Å². The molecule has 0 aromatic heterocycles. The van der Waals surface area contributed by atoms with Crippen molar-refractivity contribution in [3.05, 3.63) is 23.8 Å². The van der Waals surface area contributed by atoms with Crippen molar-refractivity contribution in [2.24, 2.45) is 0 Å². The summed E-state index contributed by atoms with van der Waals surface area (Å²) in [6, 6.07) is 4.89. The molecule has 0 aliphatic heterocycles. The zero-order valence-electron chi connectivity index (χ0n) is 12.9. The zero-order valence-corrected chi connectivity index (χ0v) is 12.9. The van der Waals surface area contributed by atoms with Gasteiger partial charge in [0.25, 0.3) is 0 Å². The van der Waals surface area contributed by atoms with Gasteiger partial charge < -0.3 is 14.9 Å². The lowest BCUT2D eigenvalue weighted by Gasteiger charge is -2.08. The van der Waals surface area contributed by atoms with E-state index in [0.717, 1.165) is 44.9 Å². The Morgan fingerprint density at radius 2 is 1.59 bits per heavy atom. The Bertz CT molecular complexity index is 448. The number of carboxylic acid groups (broad SMARTS) is 1. The van der Waals surface area contributed by atoms with Crippen LogP contribution in [0, 0.1) is 0 Å². The maximum atomic E-state index is 11.9. The number of phenolic OH excluding ortho intramolecular Hbond substituents is 1. The second kappa shape index (κ2) is 10.9. The average Bonchev–Trinajstić information content (AvgIpc) is 2.48. The molecule has 0 radical (unpaired) electrons. The largest absolute Gasteiger partial charge is 0.511 e. The van der Waals surface area contributed by atoms with Gasteiger partial charge in [-0.1, -0.05) is 50.7 Å². The number of unbranched alkanes of at least 4 members (excludes halogenated alkanes) is 7. The van der Waals surface area contributed by atoms with Crippen LogP contribution in [0.1, 0.15) is 56.9 Å². The lowest BCUT2D eigenvalue weighted by molar-refractivity contribution is 0.143. The Morgan fingerprint density at radius 1 is 1.00 bits per heavy atom. The van der Waals surface area contributed by atoms with Gasteiger partial charge in [0.15, 0.2) is 11.5 Å². The van der Waals surface area contributed by atoms with E-state index in [1.54, 1.807) is 12.1 Å². The van der Waals surface area contributed by atoms with Gasteiger partial charge in [0.1, 0.15) is 0 Å². The molecule has 0 heterocycles. The summed E-state index contributed by atoms with van der Waals surface area (Å²) >= 11 is 0. The van der Waals surface area contributed by atoms with Gasteiger partial charge >= 0.3 is 6.16 Å². The SMILES string of the molecule is O=C(O)Oc1cccc(CCCCCCCCCCF)c1O. The van der Waals surface area contributed by atoms with E-state index in [-0.39, 0.29) is 18.2 Å². The number of phenols is 1. The Kier molecular flexibility index (Phi) is 9.03. The molecule has 0 bridgehead atoms. The Labute approximate surface area is 130 Å². The number of ether oxygens (including phenoxy) is 1. The first-order chi connectivity index (χ1) is 10.6. The highest BCUT2D eigenvalue weighted by Gasteiger charge is 2.10. The number of aryl methyl sites for hydroxylation is 1. The molecule has 1 rings (SSSR count). The molecule has 0 amide bonds. The normalized spacial score (nSPS) is 10.6. The molecule has 0 unspecified atom stereocenters. The molecule has 1 aromatic carbocycles.